The first kappa shape index (κ1) is 12.3. The number of aromatic nitrogens is 1. The first-order valence-corrected chi connectivity index (χ1v) is 6.26. The van der Waals surface area contributed by atoms with Gasteiger partial charge < -0.3 is 15.5 Å². The number of nitrogens with two attached hydrogens (primary N) is 1. The zero-order chi connectivity index (χ0) is 12.3. The van der Waals surface area contributed by atoms with Crippen LogP contribution in [0.3, 0.4) is 0 Å². The summed E-state index contributed by atoms with van der Waals surface area (Å²) in [6.45, 7) is 2.83. The van der Waals surface area contributed by atoms with Crippen molar-refractivity contribution in [2.45, 2.75) is 25.4 Å². The molecular formula is C13H22N4. The van der Waals surface area contributed by atoms with Gasteiger partial charge in [-0.05, 0) is 32.5 Å². The van der Waals surface area contributed by atoms with Crippen molar-refractivity contribution in [3.8, 4) is 0 Å². The first-order chi connectivity index (χ1) is 8.22. The highest BCUT2D eigenvalue weighted by Gasteiger charge is 2.22. The Kier molecular flexibility index (Phi) is 3.97. The highest BCUT2D eigenvalue weighted by Crippen LogP contribution is 2.21. The van der Waals surface area contributed by atoms with E-state index in [0.29, 0.717) is 12.6 Å². The number of hydrogen-bond donors (Lipinski definition) is 1. The first-order valence-electron chi connectivity index (χ1n) is 6.26. The molecule has 4 nitrogen and oxygen atoms in total. The van der Waals surface area contributed by atoms with Crippen LogP contribution in [0.2, 0.25) is 0 Å². The molecule has 1 fully saturated rings. The third-order valence-corrected chi connectivity index (χ3v) is 3.67. The van der Waals surface area contributed by atoms with Crippen molar-refractivity contribution in [1.29, 1.82) is 0 Å². The van der Waals surface area contributed by atoms with Crippen molar-refractivity contribution in [2.75, 3.05) is 32.1 Å². The van der Waals surface area contributed by atoms with Crippen LogP contribution in [0.4, 0.5) is 5.69 Å². The Morgan fingerprint density at radius 3 is 3.06 bits per heavy atom. The number of hydrogen-bond acceptors (Lipinski definition) is 4. The molecule has 0 aliphatic carbocycles. The molecule has 1 unspecified atom stereocenters. The van der Waals surface area contributed by atoms with Crippen LogP contribution in [0.5, 0.6) is 0 Å². The summed E-state index contributed by atoms with van der Waals surface area (Å²) in [6.07, 6.45) is 6.31. The minimum atomic E-state index is 0.550. The molecule has 1 aliphatic heterocycles. The van der Waals surface area contributed by atoms with E-state index >= 15 is 0 Å². The summed E-state index contributed by atoms with van der Waals surface area (Å²) in [7, 11) is 4.35. The minimum Gasteiger partial charge on any atom is -0.373 e. The van der Waals surface area contributed by atoms with Crippen LogP contribution in [0.1, 0.15) is 18.4 Å². The van der Waals surface area contributed by atoms with Gasteiger partial charge in [0.2, 0.25) is 0 Å². The zero-order valence-electron chi connectivity index (χ0n) is 10.8. The van der Waals surface area contributed by atoms with Crippen LogP contribution in [0, 0.1) is 0 Å². The van der Waals surface area contributed by atoms with Crippen molar-refractivity contribution in [2.24, 2.45) is 5.73 Å². The Morgan fingerprint density at radius 2 is 2.41 bits per heavy atom. The van der Waals surface area contributed by atoms with Crippen molar-refractivity contribution in [3.05, 3.63) is 24.0 Å². The molecule has 17 heavy (non-hydrogen) atoms. The average molecular weight is 234 g/mol. The smallest absolute Gasteiger partial charge is 0.0440 e. The molecule has 1 aromatic rings. The number of anilines is 1. The fraction of sp³-hybridized carbons (Fsp3) is 0.615. The predicted molar refractivity (Wildman–Crippen MR) is 71.1 cm³/mol. The van der Waals surface area contributed by atoms with E-state index < -0.39 is 0 Å². The van der Waals surface area contributed by atoms with Crippen LogP contribution >= 0.6 is 0 Å². The second-order valence-electron chi connectivity index (χ2n) is 4.87. The van der Waals surface area contributed by atoms with E-state index in [9.17, 15) is 0 Å². The van der Waals surface area contributed by atoms with Gasteiger partial charge in [-0.1, -0.05) is 0 Å². The number of likely N-dealkylation sites (N-methyl/N-ethyl adjacent to an activating group) is 2. The van der Waals surface area contributed by atoms with Crippen LogP contribution < -0.4 is 10.6 Å². The lowest BCUT2D eigenvalue weighted by Crippen LogP contribution is -2.37. The highest BCUT2D eigenvalue weighted by atomic mass is 15.2. The second kappa shape index (κ2) is 5.47. The number of pyridine rings is 1. The molecule has 2 rings (SSSR count). The van der Waals surface area contributed by atoms with Crippen molar-refractivity contribution in [1.82, 2.24) is 9.88 Å². The van der Waals surface area contributed by atoms with Gasteiger partial charge in [0.05, 0.1) is 0 Å². The largest absolute Gasteiger partial charge is 0.373 e. The van der Waals surface area contributed by atoms with E-state index in [1.807, 2.05) is 12.4 Å². The second-order valence-corrected chi connectivity index (χ2v) is 4.87. The summed E-state index contributed by atoms with van der Waals surface area (Å²) in [4.78, 5) is 8.87. The van der Waals surface area contributed by atoms with E-state index in [4.69, 9.17) is 5.73 Å². The van der Waals surface area contributed by atoms with E-state index in [1.54, 1.807) is 0 Å². The molecule has 1 atom stereocenters. The monoisotopic (exact) mass is 234 g/mol. The summed E-state index contributed by atoms with van der Waals surface area (Å²) >= 11 is 0. The molecule has 0 spiro atoms. The van der Waals surface area contributed by atoms with Gasteiger partial charge in [-0.3, -0.25) is 4.98 Å². The summed E-state index contributed by atoms with van der Waals surface area (Å²) in [6, 6.07) is 2.72. The van der Waals surface area contributed by atoms with E-state index in [1.165, 1.54) is 25.1 Å². The third kappa shape index (κ3) is 2.76. The standard InChI is InChI=1S/C13H22N4/c1-16-7-3-4-12(16)10-17(2)13-5-6-15-9-11(13)8-14/h5-6,9,12H,3-4,7-8,10,14H2,1-2H3. The SMILES string of the molecule is CN(CC1CCCN1C)c1ccncc1CN. The lowest BCUT2D eigenvalue weighted by Gasteiger charge is -2.28. The molecule has 94 valence electrons. The molecular weight excluding hydrogens is 212 g/mol. The maximum Gasteiger partial charge on any atom is 0.0440 e. The van der Waals surface area contributed by atoms with Crippen molar-refractivity contribution >= 4 is 5.69 Å². The molecule has 0 saturated carbocycles. The maximum atomic E-state index is 5.75. The molecule has 0 aromatic carbocycles. The summed E-state index contributed by atoms with van der Waals surface area (Å²) in [5.41, 5.74) is 8.08. The van der Waals surface area contributed by atoms with Crippen LogP contribution in [-0.4, -0.2) is 43.1 Å². The van der Waals surface area contributed by atoms with Crippen LogP contribution in [0.15, 0.2) is 18.5 Å². The van der Waals surface area contributed by atoms with E-state index in [2.05, 4.69) is 34.9 Å². The topological polar surface area (TPSA) is 45.4 Å². The molecule has 1 aliphatic rings. The van der Waals surface area contributed by atoms with Gasteiger partial charge >= 0.3 is 0 Å². The third-order valence-electron chi connectivity index (χ3n) is 3.67. The molecule has 1 aromatic heterocycles. The number of rotatable bonds is 4. The molecule has 0 radical (unpaired) electrons. The van der Waals surface area contributed by atoms with Gasteiger partial charge in [0.15, 0.2) is 0 Å². The highest BCUT2D eigenvalue weighted by molar-refractivity contribution is 5.51. The quantitative estimate of drug-likeness (QED) is 0.846. The lowest BCUT2D eigenvalue weighted by molar-refractivity contribution is 0.314. The average Bonchev–Trinajstić information content (AvgIpc) is 2.75. The van der Waals surface area contributed by atoms with E-state index in [0.717, 1.165) is 12.1 Å². The summed E-state index contributed by atoms with van der Waals surface area (Å²) in [5.74, 6) is 0. The Balaban J connectivity index is 2.06. The normalized spacial score (nSPS) is 20.8. The van der Waals surface area contributed by atoms with Crippen LogP contribution in [-0.2, 0) is 6.54 Å². The number of likely N-dealkylation sites (tertiary alicyclic amines) is 1. The van der Waals surface area contributed by atoms with Gasteiger partial charge in [-0.25, -0.2) is 0 Å². The Labute approximate surface area is 103 Å². The van der Waals surface area contributed by atoms with E-state index in [-0.39, 0.29) is 0 Å². The Morgan fingerprint density at radius 1 is 1.59 bits per heavy atom. The fourth-order valence-electron chi connectivity index (χ4n) is 2.57. The molecule has 4 heteroatoms. The predicted octanol–water partition coefficient (Wildman–Crippen LogP) is 1.07. The lowest BCUT2D eigenvalue weighted by atomic mass is 10.1. The van der Waals surface area contributed by atoms with Gasteiger partial charge in [-0.15, -0.1) is 0 Å². The number of nitrogens with zero attached hydrogens (tertiary/aromatic N) is 3. The van der Waals surface area contributed by atoms with Crippen LogP contribution in [0.25, 0.3) is 0 Å². The zero-order valence-corrected chi connectivity index (χ0v) is 10.8. The van der Waals surface area contributed by atoms with Crippen molar-refractivity contribution in [3.63, 3.8) is 0 Å². The molecule has 2 N–H and O–H groups in total. The maximum absolute atomic E-state index is 5.75. The summed E-state index contributed by atoms with van der Waals surface area (Å²) in [5, 5.41) is 0. The van der Waals surface area contributed by atoms with Gasteiger partial charge in [-0.2, -0.15) is 0 Å². The Bertz CT molecular complexity index is 366. The van der Waals surface area contributed by atoms with Crippen molar-refractivity contribution < 1.29 is 0 Å². The molecule has 2 heterocycles. The van der Waals surface area contributed by atoms with Gasteiger partial charge in [0.25, 0.3) is 0 Å². The van der Waals surface area contributed by atoms with Gasteiger partial charge in [0.1, 0.15) is 0 Å². The molecule has 0 bridgehead atoms. The minimum absolute atomic E-state index is 0.550. The van der Waals surface area contributed by atoms with Gasteiger partial charge in [0, 0.05) is 49.8 Å². The summed E-state index contributed by atoms with van der Waals surface area (Å²) < 4.78 is 0. The molecule has 1 saturated heterocycles. The fourth-order valence-corrected chi connectivity index (χ4v) is 2.57. The molecule has 0 amide bonds. The Hall–Kier alpha value is -1.13.